The number of aliphatic imine (C=N–C) groups is 1. The van der Waals surface area contributed by atoms with E-state index in [9.17, 15) is 0 Å². The number of guanidine groups is 1. The summed E-state index contributed by atoms with van der Waals surface area (Å²) < 4.78 is 2.08. The minimum Gasteiger partial charge on any atom is -0.357 e. The highest BCUT2D eigenvalue weighted by Crippen LogP contribution is 2.03. The normalized spacial score (nSPS) is 12.5. The molecule has 0 unspecified atom stereocenters. The van der Waals surface area contributed by atoms with Crippen LogP contribution in [0, 0.1) is 0 Å². The Morgan fingerprint density at radius 1 is 1.21 bits per heavy atom. The fourth-order valence-corrected chi connectivity index (χ4v) is 2.77. The van der Waals surface area contributed by atoms with E-state index in [1.165, 1.54) is 0 Å². The molecule has 1 rings (SSSR count). The number of hydrogen-bond donors (Lipinski definition) is 2. The van der Waals surface area contributed by atoms with Crippen LogP contribution in [-0.2, 0) is 13.0 Å². The zero-order valence-electron chi connectivity index (χ0n) is 16.2. The van der Waals surface area contributed by atoms with Gasteiger partial charge >= 0.3 is 0 Å². The first kappa shape index (κ1) is 20.4. The van der Waals surface area contributed by atoms with E-state index < -0.39 is 0 Å². The molecule has 0 aliphatic rings. The van der Waals surface area contributed by atoms with E-state index in [2.05, 4.69) is 71.8 Å². The number of nitrogens with one attached hydrogen (secondary N) is 2. The number of aryl methyl sites for hydroxylation is 1. The summed E-state index contributed by atoms with van der Waals surface area (Å²) in [5.41, 5.74) is 0. The molecular formula is C17H35N7. The van der Waals surface area contributed by atoms with Crippen LogP contribution in [0.4, 0.5) is 0 Å². The lowest BCUT2D eigenvalue weighted by atomic mass is 10.2. The van der Waals surface area contributed by atoms with Crippen molar-refractivity contribution < 1.29 is 0 Å². The van der Waals surface area contributed by atoms with Crippen LogP contribution >= 0.6 is 0 Å². The van der Waals surface area contributed by atoms with Crippen LogP contribution in [0.2, 0.25) is 0 Å². The van der Waals surface area contributed by atoms with Crippen molar-refractivity contribution in [1.29, 1.82) is 0 Å². The Labute approximate surface area is 146 Å². The summed E-state index contributed by atoms with van der Waals surface area (Å²) in [6, 6.07) is 1.08. The number of nitrogens with zero attached hydrogens (tertiary/aromatic N) is 5. The van der Waals surface area contributed by atoms with Crippen LogP contribution in [0.3, 0.4) is 0 Å². The predicted octanol–water partition coefficient (Wildman–Crippen LogP) is 1.51. The molecule has 7 nitrogen and oxygen atoms in total. The highest BCUT2D eigenvalue weighted by Gasteiger charge is 2.12. The van der Waals surface area contributed by atoms with Crippen LogP contribution in [0.5, 0.6) is 0 Å². The highest BCUT2D eigenvalue weighted by molar-refractivity contribution is 5.79. The van der Waals surface area contributed by atoms with Gasteiger partial charge in [0.25, 0.3) is 0 Å². The fraction of sp³-hybridized carbons (Fsp3) is 0.824. The van der Waals surface area contributed by atoms with Crippen LogP contribution in [0.25, 0.3) is 0 Å². The molecule has 0 amide bonds. The molecule has 0 fully saturated rings. The Kier molecular flexibility index (Phi) is 9.37. The standard InChI is InChI=1S/C17H35N7/c1-7-16-22-21-13-23(16)11-9-19-17(18-8-2)20-10-12-24(14(3)4)15(5)6/h13-15H,7-12H2,1-6H3,(H2,18,19,20). The number of rotatable bonds is 10. The maximum absolute atomic E-state index is 4.69. The van der Waals surface area contributed by atoms with Gasteiger partial charge in [0.15, 0.2) is 5.96 Å². The molecule has 0 saturated carbocycles. The largest absolute Gasteiger partial charge is 0.357 e. The molecule has 0 aliphatic carbocycles. The van der Waals surface area contributed by atoms with Crippen LogP contribution in [0.1, 0.15) is 47.4 Å². The van der Waals surface area contributed by atoms with E-state index >= 15 is 0 Å². The zero-order chi connectivity index (χ0) is 17.9. The summed E-state index contributed by atoms with van der Waals surface area (Å²) in [4.78, 5) is 7.15. The summed E-state index contributed by atoms with van der Waals surface area (Å²) in [5.74, 6) is 1.89. The molecule has 0 aliphatic heterocycles. The number of hydrogen-bond acceptors (Lipinski definition) is 4. The zero-order valence-corrected chi connectivity index (χ0v) is 16.2. The molecule has 1 heterocycles. The molecule has 1 aromatic rings. The average molecular weight is 338 g/mol. The van der Waals surface area contributed by atoms with Crippen molar-refractivity contribution in [3.8, 4) is 0 Å². The Bertz CT molecular complexity index is 471. The van der Waals surface area contributed by atoms with E-state index in [0.29, 0.717) is 12.1 Å². The molecule has 0 spiro atoms. The van der Waals surface area contributed by atoms with Gasteiger partial charge in [0.05, 0.1) is 6.54 Å². The van der Waals surface area contributed by atoms with Crippen molar-refractivity contribution in [2.24, 2.45) is 4.99 Å². The maximum Gasteiger partial charge on any atom is 0.191 e. The third-order valence-corrected chi connectivity index (χ3v) is 3.96. The highest BCUT2D eigenvalue weighted by atomic mass is 15.3. The molecular weight excluding hydrogens is 302 g/mol. The predicted molar refractivity (Wildman–Crippen MR) is 100 cm³/mol. The van der Waals surface area contributed by atoms with Crippen molar-refractivity contribution >= 4 is 5.96 Å². The second-order valence-electron chi connectivity index (χ2n) is 6.41. The maximum atomic E-state index is 4.69. The average Bonchev–Trinajstić information content (AvgIpc) is 2.98. The van der Waals surface area contributed by atoms with Gasteiger partial charge in [0.2, 0.25) is 0 Å². The third kappa shape index (κ3) is 6.86. The van der Waals surface area contributed by atoms with Gasteiger partial charge in [-0.15, -0.1) is 10.2 Å². The second kappa shape index (κ2) is 11.0. The van der Waals surface area contributed by atoms with Crippen molar-refractivity contribution in [3.05, 3.63) is 12.2 Å². The van der Waals surface area contributed by atoms with Crippen LogP contribution in [0.15, 0.2) is 11.3 Å². The summed E-state index contributed by atoms with van der Waals surface area (Å²) in [6.07, 6.45) is 2.68. The van der Waals surface area contributed by atoms with Gasteiger partial charge in [0.1, 0.15) is 12.2 Å². The SMILES string of the molecule is CCNC(=NCCN(C(C)C)C(C)C)NCCn1cnnc1CC. The monoisotopic (exact) mass is 337 g/mol. The summed E-state index contributed by atoms with van der Waals surface area (Å²) in [5, 5.41) is 14.8. The van der Waals surface area contributed by atoms with Gasteiger partial charge in [-0.25, -0.2) is 0 Å². The molecule has 138 valence electrons. The summed E-state index contributed by atoms with van der Waals surface area (Å²) >= 11 is 0. The second-order valence-corrected chi connectivity index (χ2v) is 6.41. The van der Waals surface area contributed by atoms with Crippen molar-refractivity contribution in [3.63, 3.8) is 0 Å². The van der Waals surface area contributed by atoms with E-state index in [4.69, 9.17) is 4.99 Å². The van der Waals surface area contributed by atoms with Gasteiger partial charge in [-0.3, -0.25) is 9.89 Å². The van der Waals surface area contributed by atoms with Gasteiger partial charge in [0, 0.05) is 44.7 Å². The van der Waals surface area contributed by atoms with Gasteiger partial charge in [-0.2, -0.15) is 0 Å². The molecule has 0 bridgehead atoms. The first-order valence-corrected chi connectivity index (χ1v) is 9.14. The lowest BCUT2D eigenvalue weighted by molar-refractivity contribution is 0.181. The minimum atomic E-state index is 0.539. The number of aromatic nitrogens is 3. The van der Waals surface area contributed by atoms with Gasteiger partial charge < -0.3 is 15.2 Å². The fourth-order valence-electron chi connectivity index (χ4n) is 2.77. The lowest BCUT2D eigenvalue weighted by Gasteiger charge is -2.29. The van der Waals surface area contributed by atoms with E-state index in [-0.39, 0.29) is 0 Å². The van der Waals surface area contributed by atoms with Crippen molar-refractivity contribution in [1.82, 2.24) is 30.3 Å². The Morgan fingerprint density at radius 3 is 2.50 bits per heavy atom. The molecule has 1 aromatic heterocycles. The topological polar surface area (TPSA) is 70.4 Å². The smallest absolute Gasteiger partial charge is 0.191 e. The Morgan fingerprint density at radius 2 is 1.92 bits per heavy atom. The van der Waals surface area contributed by atoms with Crippen molar-refractivity contribution in [2.45, 2.75) is 66.6 Å². The third-order valence-electron chi connectivity index (χ3n) is 3.96. The van der Waals surface area contributed by atoms with Gasteiger partial charge in [-0.1, -0.05) is 6.92 Å². The van der Waals surface area contributed by atoms with Crippen molar-refractivity contribution in [2.75, 3.05) is 26.2 Å². The molecule has 0 saturated heterocycles. The molecule has 0 atom stereocenters. The lowest BCUT2D eigenvalue weighted by Crippen LogP contribution is -2.41. The Hall–Kier alpha value is -1.63. The molecule has 2 N–H and O–H groups in total. The molecule has 0 radical (unpaired) electrons. The summed E-state index contributed by atoms with van der Waals surface area (Å²) in [6.45, 7) is 17.4. The van der Waals surface area contributed by atoms with Crippen LogP contribution in [-0.4, -0.2) is 63.9 Å². The van der Waals surface area contributed by atoms with E-state index in [1.807, 2.05) is 0 Å². The van der Waals surface area contributed by atoms with Crippen LogP contribution < -0.4 is 10.6 Å². The Balaban J connectivity index is 2.47. The molecule has 24 heavy (non-hydrogen) atoms. The van der Waals surface area contributed by atoms with E-state index in [1.54, 1.807) is 6.33 Å². The van der Waals surface area contributed by atoms with Gasteiger partial charge in [-0.05, 0) is 34.6 Å². The first-order chi connectivity index (χ1) is 11.5. The van der Waals surface area contributed by atoms with E-state index in [0.717, 1.165) is 50.9 Å². The molecule has 0 aromatic carbocycles. The molecule has 7 heteroatoms. The minimum absolute atomic E-state index is 0.539. The quantitative estimate of drug-likeness (QED) is 0.500. The first-order valence-electron chi connectivity index (χ1n) is 9.14. The summed E-state index contributed by atoms with van der Waals surface area (Å²) in [7, 11) is 0.